The van der Waals surface area contributed by atoms with Gasteiger partial charge in [-0.1, -0.05) is 6.07 Å². The molecule has 2 N–H and O–H groups in total. The van der Waals surface area contributed by atoms with Gasteiger partial charge in [-0.3, -0.25) is 19.5 Å². The fraction of sp³-hybridized carbons (Fsp3) is 0.435. The molecule has 6 nitrogen and oxygen atoms in total. The van der Waals surface area contributed by atoms with Crippen molar-refractivity contribution in [3.8, 4) is 0 Å². The highest BCUT2D eigenvalue weighted by Crippen LogP contribution is 2.15. The van der Waals surface area contributed by atoms with E-state index in [0.29, 0.717) is 44.5 Å². The summed E-state index contributed by atoms with van der Waals surface area (Å²) in [6.07, 6.45) is 5.95. The lowest BCUT2D eigenvalue weighted by molar-refractivity contribution is -0.126. The molecule has 31 heavy (non-hydrogen) atoms. The normalized spacial score (nSPS) is 18.6. The minimum absolute atomic E-state index is 0.0347. The van der Waals surface area contributed by atoms with Gasteiger partial charge in [0.1, 0.15) is 11.6 Å². The Morgan fingerprint density at radius 2 is 1.97 bits per heavy atom. The van der Waals surface area contributed by atoms with Crippen molar-refractivity contribution < 1.29 is 18.4 Å². The molecule has 1 aliphatic heterocycles. The fourth-order valence-corrected chi connectivity index (χ4v) is 3.77. The van der Waals surface area contributed by atoms with E-state index in [1.807, 2.05) is 18.3 Å². The summed E-state index contributed by atoms with van der Waals surface area (Å²) in [6, 6.07) is 7.10. The summed E-state index contributed by atoms with van der Waals surface area (Å²) in [4.78, 5) is 31.2. The predicted molar refractivity (Wildman–Crippen MR) is 113 cm³/mol. The van der Waals surface area contributed by atoms with Gasteiger partial charge < -0.3 is 10.6 Å². The lowest BCUT2D eigenvalue weighted by Gasteiger charge is -2.22. The van der Waals surface area contributed by atoms with Crippen LogP contribution in [0.4, 0.5) is 8.78 Å². The van der Waals surface area contributed by atoms with Crippen LogP contribution < -0.4 is 10.6 Å². The smallest absolute Gasteiger partial charge is 0.223 e. The SMILES string of the molecule is O=C1CCN(Cc2cccnc2)CCCC(C(=O)NCc2cc(F)cc(F)c2)CCN1. The average Bonchev–Trinajstić information content (AvgIpc) is 2.78. The monoisotopic (exact) mass is 430 g/mol. The third kappa shape index (κ3) is 7.71. The number of amides is 2. The van der Waals surface area contributed by atoms with Crippen molar-refractivity contribution in [3.05, 3.63) is 65.5 Å². The Bertz CT molecular complexity index is 859. The van der Waals surface area contributed by atoms with Crippen LogP contribution in [0.15, 0.2) is 42.7 Å². The number of pyridine rings is 1. The molecule has 8 heteroatoms. The second kappa shape index (κ2) is 11.5. The van der Waals surface area contributed by atoms with Gasteiger partial charge >= 0.3 is 0 Å². The van der Waals surface area contributed by atoms with Crippen LogP contribution in [-0.2, 0) is 22.7 Å². The first kappa shape index (κ1) is 22.8. The highest BCUT2D eigenvalue weighted by atomic mass is 19.1. The highest BCUT2D eigenvalue weighted by molar-refractivity contribution is 5.79. The Morgan fingerprint density at radius 1 is 1.16 bits per heavy atom. The van der Waals surface area contributed by atoms with E-state index in [2.05, 4.69) is 20.5 Å². The molecule has 2 aromatic rings. The van der Waals surface area contributed by atoms with Gasteiger partial charge in [0.15, 0.2) is 0 Å². The third-order valence-electron chi connectivity index (χ3n) is 5.39. The summed E-state index contributed by atoms with van der Waals surface area (Å²) in [6.45, 7) is 2.59. The summed E-state index contributed by atoms with van der Waals surface area (Å²) in [7, 11) is 0. The first-order chi connectivity index (χ1) is 15.0. The molecule has 1 unspecified atom stereocenters. The molecule has 1 fully saturated rings. The number of hydrogen-bond donors (Lipinski definition) is 2. The van der Waals surface area contributed by atoms with Crippen molar-refractivity contribution >= 4 is 11.8 Å². The molecular formula is C23H28F2N4O2. The molecule has 1 saturated heterocycles. The van der Waals surface area contributed by atoms with Crippen molar-refractivity contribution in [2.45, 2.75) is 38.8 Å². The molecule has 0 saturated carbocycles. The maximum atomic E-state index is 13.4. The van der Waals surface area contributed by atoms with Gasteiger partial charge in [-0.15, -0.1) is 0 Å². The number of carbonyl (C=O) groups excluding carboxylic acids is 2. The first-order valence-corrected chi connectivity index (χ1v) is 10.6. The Kier molecular flexibility index (Phi) is 8.46. The lowest BCUT2D eigenvalue weighted by atomic mass is 9.98. The number of hydrogen-bond acceptors (Lipinski definition) is 4. The van der Waals surface area contributed by atoms with Gasteiger partial charge in [-0.05, 0) is 55.1 Å². The average molecular weight is 430 g/mol. The molecule has 2 heterocycles. The molecule has 166 valence electrons. The number of nitrogens with zero attached hydrogens (tertiary/aromatic N) is 2. The first-order valence-electron chi connectivity index (χ1n) is 10.6. The Morgan fingerprint density at radius 3 is 2.71 bits per heavy atom. The van der Waals surface area contributed by atoms with Crippen LogP contribution >= 0.6 is 0 Å². The van der Waals surface area contributed by atoms with E-state index in [0.717, 1.165) is 24.6 Å². The summed E-state index contributed by atoms with van der Waals surface area (Å²) in [5.74, 6) is -1.83. The summed E-state index contributed by atoms with van der Waals surface area (Å²) >= 11 is 0. The van der Waals surface area contributed by atoms with Crippen LogP contribution in [0.1, 0.15) is 36.8 Å². The van der Waals surface area contributed by atoms with E-state index >= 15 is 0 Å². The van der Waals surface area contributed by atoms with E-state index in [1.54, 1.807) is 6.20 Å². The zero-order valence-corrected chi connectivity index (χ0v) is 17.4. The van der Waals surface area contributed by atoms with Crippen LogP contribution in [0.5, 0.6) is 0 Å². The summed E-state index contributed by atoms with van der Waals surface area (Å²) in [5, 5.41) is 5.66. The molecule has 1 aromatic heterocycles. The molecule has 1 aromatic carbocycles. The van der Waals surface area contributed by atoms with Crippen molar-refractivity contribution in [3.63, 3.8) is 0 Å². The number of benzene rings is 1. The van der Waals surface area contributed by atoms with Crippen LogP contribution in [0.2, 0.25) is 0 Å². The maximum absolute atomic E-state index is 13.4. The standard InChI is InChI=1S/C23H28F2N4O2/c24-20-11-18(12-21(25)13-20)15-28-23(31)19-4-2-9-29(10-6-22(30)27-8-5-19)16-17-3-1-7-26-14-17/h1,3,7,11-14,19H,2,4-6,8-10,15-16H2,(H,27,30)(H,28,31). The number of carbonyl (C=O) groups is 2. The third-order valence-corrected chi connectivity index (χ3v) is 5.39. The van der Waals surface area contributed by atoms with Gasteiger partial charge in [0.05, 0.1) is 0 Å². The molecule has 1 aliphatic rings. The van der Waals surface area contributed by atoms with Crippen molar-refractivity contribution in [2.75, 3.05) is 19.6 Å². The molecular weight excluding hydrogens is 402 g/mol. The van der Waals surface area contributed by atoms with Gasteiger partial charge in [-0.25, -0.2) is 8.78 Å². The number of aromatic nitrogens is 1. The Hall–Kier alpha value is -2.87. The van der Waals surface area contributed by atoms with E-state index in [-0.39, 0.29) is 24.3 Å². The van der Waals surface area contributed by atoms with E-state index < -0.39 is 11.6 Å². The molecule has 0 aliphatic carbocycles. The topological polar surface area (TPSA) is 74.3 Å². The minimum Gasteiger partial charge on any atom is -0.356 e. The second-order valence-corrected chi connectivity index (χ2v) is 7.86. The number of halogens is 2. The minimum atomic E-state index is -0.671. The van der Waals surface area contributed by atoms with Crippen LogP contribution in [0.3, 0.4) is 0 Å². The lowest BCUT2D eigenvalue weighted by Crippen LogP contribution is -2.33. The van der Waals surface area contributed by atoms with Gasteiger partial charge in [0.25, 0.3) is 0 Å². The summed E-state index contributed by atoms with van der Waals surface area (Å²) < 4.78 is 26.7. The highest BCUT2D eigenvalue weighted by Gasteiger charge is 2.20. The summed E-state index contributed by atoms with van der Waals surface area (Å²) in [5.41, 5.74) is 1.45. The zero-order chi connectivity index (χ0) is 22.1. The van der Waals surface area contributed by atoms with Crippen molar-refractivity contribution in [2.24, 2.45) is 5.92 Å². The van der Waals surface area contributed by atoms with Gasteiger partial charge in [-0.2, -0.15) is 0 Å². The maximum Gasteiger partial charge on any atom is 0.223 e. The van der Waals surface area contributed by atoms with E-state index in [1.165, 1.54) is 12.1 Å². The van der Waals surface area contributed by atoms with E-state index in [4.69, 9.17) is 0 Å². The predicted octanol–water partition coefficient (Wildman–Crippen LogP) is 2.78. The van der Waals surface area contributed by atoms with E-state index in [9.17, 15) is 18.4 Å². The van der Waals surface area contributed by atoms with Crippen molar-refractivity contribution in [1.82, 2.24) is 20.5 Å². The molecule has 0 radical (unpaired) electrons. The van der Waals surface area contributed by atoms with Gasteiger partial charge in [0.2, 0.25) is 11.8 Å². The molecule has 0 spiro atoms. The van der Waals surface area contributed by atoms with Crippen LogP contribution in [-0.4, -0.2) is 41.3 Å². The molecule has 2 amide bonds. The molecule has 1 atom stereocenters. The quantitative estimate of drug-likeness (QED) is 0.765. The second-order valence-electron chi connectivity index (χ2n) is 7.86. The zero-order valence-electron chi connectivity index (χ0n) is 17.4. The van der Waals surface area contributed by atoms with Crippen LogP contribution in [0.25, 0.3) is 0 Å². The molecule has 3 rings (SSSR count). The Balaban J connectivity index is 1.57. The van der Waals surface area contributed by atoms with Crippen molar-refractivity contribution in [1.29, 1.82) is 0 Å². The van der Waals surface area contributed by atoms with Gasteiger partial charge in [0, 0.05) is 57.0 Å². The Labute approximate surface area is 181 Å². The van der Waals surface area contributed by atoms with Crippen LogP contribution in [0, 0.1) is 17.6 Å². The number of rotatable bonds is 5. The fourth-order valence-electron chi connectivity index (χ4n) is 3.77. The number of nitrogens with one attached hydrogen (secondary N) is 2. The largest absolute Gasteiger partial charge is 0.356 e. The molecule has 0 bridgehead atoms.